The summed E-state index contributed by atoms with van der Waals surface area (Å²) in [6, 6.07) is 10.4. The minimum Gasteiger partial charge on any atom is -0.494 e. The highest BCUT2D eigenvalue weighted by Crippen LogP contribution is 2.18. The van der Waals surface area contributed by atoms with E-state index in [-0.39, 0.29) is 11.3 Å². The van der Waals surface area contributed by atoms with Gasteiger partial charge in [0.05, 0.1) is 7.11 Å². The zero-order chi connectivity index (χ0) is 14.5. The van der Waals surface area contributed by atoms with Gasteiger partial charge in [-0.3, -0.25) is 9.59 Å². The largest absolute Gasteiger partial charge is 0.494 e. The van der Waals surface area contributed by atoms with Crippen molar-refractivity contribution in [3.63, 3.8) is 0 Å². The molecule has 0 aromatic heterocycles. The molecule has 0 unspecified atom stereocenters. The lowest BCUT2D eigenvalue weighted by molar-refractivity contribution is 0.102. The SMILES string of the molecule is COc1ccc(C(=O)Nc2cccc(C=O)c2)cc1F. The molecule has 0 aliphatic rings. The van der Waals surface area contributed by atoms with E-state index in [4.69, 9.17) is 4.74 Å². The van der Waals surface area contributed by atoms with Crippen LogP contribution in [0.25, 0.3) is 0 Å². The standard InChI is InChI=1S/C15H12FNO3/c1-20-14-6-5-11(8-13(14)16)15(19)17-12-4-2-3-10(7-12)9-18/h2-9H,1H3,(H,17,19). The molecule has 1 amide bonds. The van der Waals surface area contributed by atoms with Gasteiger partial charge in [0.1, 0.15) is 6.29 Å². The Morgan fingerprint density at radius 1 is 1.25 bits per heavy atom. The van der Waals surface area contributed by atoms with Gasteiger partial charge in [-0.2, -0.15) is 0 Å². The first kappa shape index (κ1) is 13.7. The molecule has 2 aromatic rings. The average Bonchev–Trinajstić information content (AvgIpc) is 2.47. The number of halogens is 1. The van der Waals surface area contributed by atoms with E-state index >= 15 is 0 Å². The molecule has 102 valence electrons. The second kappa shape index (κ2) is 5.97. The number of carbonyl (C=O) groups excluding carboxylic acids is 2. The minimum atomic E-state index is -0.609. The molecule has 20 heavy (non-hydrogen) atoms. The number of carbonyl (C=O) groups is 2. The molecular formula is C15H12FNO3. The molecule has 0 fully saturated rings. The van der Waals surface area contributed by atoms with Gasteiger partial charge in [0.15, 0.2) is 11.6 Å². The van der Waals surface area contributed by atoms with E-state index < -0.39 is 11.7 Å². The number of aldehydes is 1. The maximum Gasteiger partial charge on any atom is 0.255 e. The van der Waals surface area contributed by atoms with E-state index in [9.17, 15) is 14.0 Å². The van der Waals surface area contributed by atoms with Gasteiger partial charge in [0.25, 0.3) is 5.91 Å². The molecule has 1 N–H and O–H groups in total. The monoisotopic (exact) mass is 273 g/mol. The van der Waals surface area contributed by atoms with Gasteiger partial charge < -0.3 is 10.1 Å². The third-order valence-electron chi connectivity index (χ3n) is 2.69. The Labute approximate surface area is 115 Å². The van der Waals surface area contributed by atoms with Crippen LogP contribution in [0.5, 0.6) is 5.75 Å². The molecule has 2 aromatic carbocycles. The molecule has 0 aliphatic carbocycles. The molecule has 5 heteroatoms. The maximum absolute atomic E-state index is 13.5. The van der Waals surface area contributed by atoms with Crippen LogP contribution in [0.3, 0.4) is 0 Å². The highest BCUT2D eigenvalue weighted by molar-refractivity contribution is 6.04. The maximum atomic E-state index is 13.5. The summed E-state index contributed by atoms with van der Waals surface area (Å²) < 4.78 is 18.3. The van der Waals surface area contributed by atoms with Crippen molar-refractivity contribution in [2.24, 2.45) is 0 Å². The molecule has 0 bridgehead atoms. The van der Waals surface area contributed by atoms with Crippen LogP contribution in [0, 0.1) is 5.82 Å². The summed E-state index contributed by atoms with van der Waals surface area (Å²) in [6.07, 6.45) is 0.683. The minimum absolute atomic E-state index is 0.0736. The Kier molecular flexibility index (Phi) is 4.10. The Bertz CT molecular complexity index is 655. The molecule has 0 radical (unpaired) electrons. The molecular weight excluding hydrogens is 261 g/mol. The summed E-state index contributed by atoms with van der Waals surface area (Å²) in [5, 5.41) is 2.59. The van der Waals surface area contributed by atoms with Crippen molar-refractivity contribution < 1.29 is 18.7 Å². The first-order valence-electron chi connectivity index (χ1n) is 5.84. The summed E-state index contributed by atoms with van der Waals surface area (Å²) >= 11 is 0. The topological polar surface area (TPSA) is 55.4 Å². The van der Waals surface area contributed by atoms with Crippen molar-refractivity contribution in [1.82, 2.24) is 0 Å². The van der Waals surface area contributed by atoms with Gasteiger partial charge in [-0.05, 0) is 30.3 Å². The lowest BCUT2D eigenvalue weighted by Crippen LogP contribution is -2.12. The number of nitrogens with one attached hydrogen (secondary N) is 1. The molecule has 0 aliphatic heterocycles. The van der Waals surface area contributed by atoms with Crippen molar-refractivity contribution in [3.8, 4) is 5.75 Å². The predicted octanol–water partition coefficient (Wildman–Crippen LogP) is 2.90. The molecule has 2 rings (SSSR count). The zero-order valence-electron chi connectivity index (χ0n) is 10.7. The highest BCUT2D eigenvalue weighted by atomic mass is 19.1. The van der Waals surface area contributed by atoms with Crippen LogP contribution in [-0.4, -0.2) is 19.3 Å². The Morgan fingerprint density at radius 2 is 2.05 bits per heavy atom. The van der Waals surface area contributed by atoms with E-state index in [1.54, 1.807) is 18.2 Å². The number of hydrogen-bond acceptors (Lipinski definition) is 3. The number of ether oxygens (including phenoxy) is 1. The Morgan fingerprint density at radius 3 is 2.70 bits per heavy atom. The summed E-state index contributed by atoms with van der Waals surface area (Å²) in [7, 11) is 1.35. The second-order valence-electron chi connectivity index (χ2n) is 4.05. The highest BCUT2D eigenvalue weighted by Gasteiger charge is 2.10. The van der Waals surface area contributed by atoms with Crippen LogP contribution in [0.15, 0.2) is 42.5 Å². The van der Waals surface area contributed by atoms with Crippen molar-refractivity contribution >= 4 is 17.9 Å². The zero-order valence-corrected chi connectivity index (χ0v) is 10.7. The smallest absolute Gasteiger partial charge is 0.255 e. The second-order valence-corrected chi connectivity index (χ2v) is 4.05. The van der Waals surface area contributed by atoms with Crippen LogP contribution >= 0.6 is 0 Å². The van der Waals surface area contributed by atoms with Gasteiger partial charge >= 0.3 is 0 Å². The average molecular weight is 273 g/mol. The van der Waals surface area contributed by atoms with E-state index in [0.29, 0.717) is 17.5 Å². The molecule has 0 spiro atoms. The fourth-order valence-corrected chi connectivity index (χ4v) is 1.70. The predicted molar refractivity (Wildman–Crippen MR) is 72.7 cm³/mol. The number of anilines is 1. The van der Waals surface area contributed by atoms with Crippen LogP contribution in [0.4, 0.5) is 10.1 Å². The van der Waals surface area contributed by atoms with Gasteiger partial charge in [0.2, 0.25) is 0 Å². The van der Waals surface area contributed by atoms with Gasteiger partial charge in [0, 0.05) is 16.8 Å². The third kappa shape index (κ3) is 3.00. The van der Waals surface area contributed by atoms with Crippen LogP contribution in [0.1, 0.15) is 20.7 Å². The van der Waals surface area contributed by atoms with E-state index in [2.05, 4.69) is 5.32 Å². The lowest BCUT2D eigenvalue weighted by atomic mass is 10.1. The van der Waals surface area contributed by atoms with Crippen molar-refractivity contribution in [1.29, 1.82) is 0 Å². The van der Waals surface area contributed by atoms with E-state index in [1.165, 1.54) is 25.3 Å². The quantitative estimate of drug-likeness (QED) is 0.871. The Balaban J connectivity index is 2.19. The normalized spacial score (nSPS) is 9.90. The fraction of sp³-hybridized carbons (Fsp3) is 0.0667. The van der Waals surface area contributed by atoms with Crippen molar-refractivity contribution in [2.75, 3.05) is 12.4 Å². The summed E-state index contributed by atoms with van der Waals surface area (Å²) in [6.45, 7) is 0. The first-order valence-corrected chi connectivity index (χ1v) is 5.84. The molecule has 4 nitrogen and oxygen atoms in total. The van der Waals surface area contributed by atoms with E-state index in [1.807, 2.05) is 0 Å². The number of hydrogen-bond donors (Lipinski definition) is 1. The Hall–Kier alpha value is -2.69. The summed E-state index contributed by atoms with van der Waals surface area (Å²) in [5.41, 5.74) is 1.08. The van der Waals surface area contributed by atoms with Gasteiger partial charge in [-0.1, -0.05) is 12.1 Å². The third-order valence-corrected chi connectivity index (χ3v) is 2.69. The first-order chi connectivity index (χ1) is 9.63. The van der Waals surface area contributed by atoms with Crippen LogP contribution in [0.2, 0.25) is 0 Å². The van der Waals surface area contributed by atoms with E-state index in [0.717, 1.165) is 6.07 Å². The van der Waals surface area contributed by atoms with Gasteiger partial charge in [-0.25, -0.2) is 4.39 Å². The summed E-state index contributed by atoms with van der Waals surface area (Å²) in [4.78, 5) is 22.6. The lowest BCUT2D eigenvalue weighted by Gasteiger charge is -2.07. The molecule has 0 heterocycles. The fourth-order valence-electron chi connectivity index (χ4n) is 1.70. The number of amides is 1. The molecule has 0 saturated heterocycles. The van der Waals surface area contributed by atoms with Crippen LogP contribution in [-0.2, 0) is 0 Å². The number of methoxy groups -OCH3 is 1. The molecule has 0 saturated carbocycles. The number of rotatable bonds is 4. The van der Waals surface area contributed by atoms with Crippen LogP contribution < -0.4 is 10.1 Å². The molecule has 0 atom stereocenters. The van der Waals surface area contributed by atoms with Gasteiger partial charge in [-0.15, -0.1) is 0 Å². The van der Waals surface area contributed by atoms with Crippen molar-refractivity contribution in [3.05, 3.63) is 59.4 Å². The summed E-state index contributed by atoms with van der Waals surface area (Å²) in [5.74, 6) is -0.999. The van der Waals surface area contributed by atoms with Crippen molar-refractivity contribution in [2.45, 2.75) is 0 Å². The number of benzene rings is 2.